The normalized spacial score (nSPS) is 12.1. The lowest BCUT2D eigenvalue weighted by atomic mass is 9.92. The van der Waals surface area contributed by atoms with E-state index in [0.29, 0.717) is 11.8 Å². The van der Waals surface area contributed by atoms with Gasteiger partial charge in [0, 0.05) is 28.0 Å². The monoisotopic (exact) mass is 444 g/mol. The molecule has 0 atom stereocenters. The number of para-hydroxylation sites is 3. The summed E-state index contributed by atoms with van der Waals surface area (Å²) < 4.78 is 7.04. The molecule has 0 aliphatic carbocycles. The Hall–Kier alpha value is -3.85. The first-order valence-electron chi connectivity index (χ1n) is 12.2. The summed E-state index contributed by atoms with van der Waals surface area (Å²) >= 11 is 0. The van der Waals surface area contributed by atoms with Gasteiger partial charge in [0.2, 0.25) is 5.82 Å². The maximum atomic E-state index is 2.39. The molecule has 0 saturated heterocycles. The second-order valence-corrected chi connectivity index (χ2v) is 9.79. The van der Waals surface area contributed by atoms with Gasteiger partial charge in [-0.15, -0.1) is 0 Å². The van der Waals surface area contributed by atoms with Crippen LogP contribution in [-0.4, -0.2) is 8.97 Å². The van der Waals surface area contributed by atoms with Gasteiger partial charge in [0.05, 0.1) is 11.0 Å². The predicted molar refractivity (Wildman–Crippen MR) is 141 cm³/mol. The van der Waals surface area contributed by atoms with Crippen LogP contribution >= 0.6 is 0 Å². The number of hydrogen-bond acceptors (Lipinski definition) is 0. The van der Waals surface area contributed by atoms with E-state index in [2.05, 4.69) is 139 Å². The van der Waals surface area contributed by atoms with Crippen LogP contribution in [0.4, 0.5) is 0 Å². The van der Waals surface area contributed by atoms with E-state index in [1.165, 1.54) is 44.1 Å². The summed E-state index contributed by atoms with van der Waals surface area (Å²) in [6.07, 6.45) is 4.52. The Labute approximate surface area is 200 Å². The molecule has 0 fully saturated rings. The van der Waals surface area contributed by atoms with Gasteiger partial charge in [0.15, 0.2) is 5.52 Å². The molecule has 3 aromatic carbocycles. The lowest BCUT2D eigenvalue weighted by Crippen LogP contribution is -2.31. The molecular weight excluding hydrogens is 414 g/mol. The molecule has 3 heteroatoms. The van der Waals surface area contributed by atoms with Crippen LogP contribution in [0.2, 0.25) is 0 Å². The molecule has 34 heavy (non-hydrogen) atoms. The second kappa shape index (κ2) is 7.88. The van der Waals surface area contributed by atoms with Crippen LogP contribution in [0.5, 0.6) is 0 Å². The van der Waals surface area contributed by atoms with Gasteiger partial charge in [-0.25, -0.2) is 4.57 Å². The third-order valence-corrected chi connectivity index (χ3v) is 6.96. The van der Waals surface area contributed by atoms with Crippen LogP contribution in [0.3, 0.4) is 0 Å². The Balaban J connectivity index is 1.67. The molecule has 0 saturated carbocycles. The second-order valence-electron chi connectivity index (χ2n) is 9.79. The van der Waals surface area contributed by atoms with E-state index in [9.17, 15) is 0 Å². The number of pyridine rings is 1. The van der Waals surface area contributed by atoms with Crippen molar-refractivity contribution in [1.82, 2.24) is 8.97 Å². The van der Waals surface area contributed by atoms with Crippen molar-refractivity contribution in [1.29, 1.82) is 0 Å². The molecule has 0 radical (unpaired) electrons. The summed E-state index contributed by atoms with van der Waals surface area (Å²) in [5, 5.41) is 2.56. The van der Waals surface area contributed by atoms with Gasteiger partial charge >= 0.3 is 0 Å². The molecular formula is C31H30N3+. The molecule has 6 rings (SSSR count). The largest absolute Gasteiger partial charge is 0.276 e. The fourth-order valence-corrected chi connectivity index (χ4v) is 5.34. The van der Waals surface area contributed by atoms with E-state index >= 15 is 0 Å². The van der Waals surface area contributed by atoms with E-state index in [0.717, 1.165) is 5.82 Å². The quantitative estimate of drug-likeness (QED) is 0.249. The van der Waals surface area contributed by atoms with E-state index < -0.39 is 0 Å². The molecule has 0 N–H and O–H groups in total. The maximum Gasteiger partial charge on any atom is 0.255 e. The zero-order valence-corrected chi connectivity index (χ0v) is 20.2. The zero-order chi connectivity index (χ0) is 23.4. The highest BCUT2D eigenvalue weighted by molar-refractivity contribution is 6.09. The molecule has 3 heterocycles. The number of benzene rings is 3. The number of rotatable bonds is 4. The summed E-state index contributed by atoms with van der Waals surface area (Å²) in [6.45, 7) is 9.12. The van der Waals surface area contributed by atoms with Crippen LogP contribution in [0.15, 0.2) is 97.5 Å². The average Bonchev–Trinajstić information content (AvgIpc) is 3.43. The molecule has 0 spiro atoms. The van der Waals surface area contributed by atoms with E-state index in [1.54, 1.807) is 0 Å². The highest BCUT2D eigenvalue weighted by Crippen LogP contribution is 2.32. The Bertz CT molecular complexity index is 1580. The van der Waals surface area contributed by atoms with Gasteiger partial charge in [-0.1, -0.05) is 88.4 Å². The minimum absolute atomic E-state index is 0.445. The maximum absolute atomic E-state index is 2.39. The van der Waals surface area contributed by atoms with Gasteiger partial charge in [-0.05, 0) is 30.0 Å². The van der Waals surface area contributed by atoms with E-state index in [-0.39, 0.29) is 0 Å². The van der Waals surface area contributed by atoms with Crippen molar-refractivity contribution in [3.63, 3.8) is 0 Å². The van der Waals surface area contributed by atoms with E-state index in [1.807, 2.05) is 0 Å². The fraction of sp³-hybridized carbons (Fsp3) is 0.194. The number of nitrogens with zero attached hydrogens (tertiary/aromatic N) is 3. The third kappa shape index (κ3) is 3.07. The minimum atomic E-state index is 0.445. The van der Waals surface area contributed by atoms with Crippen molar-refractivity contribution >= 4 is 27.3 Å². The Morgan fingerprint density at radius 1 is 0.618 bits per heavy atom. The first-order chi connectivity index (χ1) is 16.5. The molecule has 0 bridgehead atoms. The molecule has 0 unspecified atom stereocenters. The number of aromatic nitrogens is 3. The number of fused-ring (bicyclic) bond motifs is 4. The standard InChI is InChI=1S/C31H30N3/c1-21(2)24-14-10-15-25(22(3)4)31(24)32-19-23-11-9-18-30(33(23)20-32)34-28-16-7-5-12-26(28)27-13-6-8-17-29(27)34/h5-22H,1-4H3/q+1. The Morgan fingerprint density at radius 2 is 1.18 bits per heavy atom. The van der Waals surface area contributed by atoms with Crippen molar-refractivity contribution in [3.05, 3.63) is 109 Å². The van der Waals surface area contributed by atoms with Gasteiger partial charge in [0.25, 0.3) is 6.33 Å². The summed E-state index contributed by atoms with van der Waals surface area (Å²) in [6, 6.07) is 30.7. The van der Waals surface area contributed by atoms with Crippen molar-refractivity contribution in [2.75, 3.05) is 0 Å². The van der Waals surface area contributed by atoms with Crippen LogP contribution < -0.4 is 4.57 Å². The molecule has 0 aliphatic heterocycles. The molecule has 3 aromatic heterocycles. The lowest BCUT2D eigenvalue weighted by Gasteiger charge is -2.16. The summed E-state index contributed by atoms with van der Waals surface area (Å²) in [5.41, 5.74) is 7.69. The van der Waals surface area contributed by atoms with Crippen LogP contribution in [0.1, 0.15) is 50.7 Å². The average molecular weight is 445 g/mol. The Kier molecular flexibility index (Phi) is 4.80. The molecule has 0 amide bonds. The highest BCUT2D eigenvalue weighted by atomic mass is 15.2. The summed E-state index contributed by atoms with van der Waals surface area (Å²) in [5.74, 6) is 2.03. The SMILES string of the molecule is CC(C)c1cccc(C(C)C)c1-[n+]1cc2cccc(-n3c4ccccc4c4ccccc43)n2c1. The van der Waals surface area contributed by atoms with E-state index in [4.69, 9.17) is 0 Å². The first kappa shape index (κ1) is 20.7. The fourth-order valence-electron chi connectivity index (χ4n) is 5.34. The molecule has 3 nitrogen and oxygen atoms in total. The van der Waals surface area contributed by atoms with Gasteiger partial charge in [0.1, 0.15) is 11.9 Å². The third-order valence-electron chi connectivity index (χ3n) is 6.96. The number of hydrogen-bond donors (Lipinski definition) is 0. The van der Waals surface area contributed by atoms with Gasteiger partial charge in [-0.2, -0.15) is 4.40 Å². The van der Waals surface area contributed by atoms with Gasteiger partial charge in [-0.3, -0.25) is 4.57 Å². The smallest absolute Gasteiger partial charge is 0.255 e. The molecule has 6 aromatic rings. The van der Waals surface area contributed by atoms with Crippen molar-refractivity contribution in [3.8, 4) is 11.5 Å². The highest BCUT2D eigenvalue weighted by Gasteiger charge is 2.23. The van der Waals surface area contributed by atoms with Crippen molar-refractivity contribution in [2.24, 2.45) is 0 Å². The topological polar surface area (TPSA) is 13.2 Å². The van der Waals surface area contributed by atoms with Crippen LogP contribution in [0, 0.1) is 0 Å². The van der Waals surface area contributed by atoms with Crippen molar-refractivity contribution < 1.29 is 4.57 Å². The zero-order valence-electron chi connectivity index (χ0n) is 20.2. The van der Waals surface area contributed by atoms with Gasteiger partial charge < -0.3 is 0 Å². The summed E-state index contributed by atoms with van der Waals surface area (Å²) in [4.78, 5) is 0. The molecule has 168 valence electrons. The molecule has 0 aliphatic rings. The number of imidazole rings is 1. The first-order valence-corrected chi connectivity index (χ1v) is 12.2. The lowest BCUT2D eigenvalue weighted by molar-refractivity contribution is -0.595. The predicted octanol–water partition coefficient (Wildman–Crippen LogP) is 7.56. The Morgan fingerprint density at radius 3 is 1.76 bits per heavy atom. The minimum Gasteiger partial charge on any atom is -0.276 e. The van der Waals surface area contributed by atoms with Crippen LogP contribution in [0.25, 0.3) is 38.8 Å². The van der Waals surface area contributed by atoms with Crippen molar-refractivity contribution in [2.45, 2.75) is 39.5 Å². The summed E-state index contributed by atoms with van der Waals surface area (Å²) in [7, 11) is 0. The van der Waals surface area contributed by atoms with Crippen LogP contribution in [-0.2, 0) is 0 Å².